The molecule has 0 saturated heterocycles. The van der Waals surface area contributed by atoms with Gasteiger partial charge in [0.1, 0.15) is 5.75 Å². The van der Waals surface area contributed by atoms with Crippen molar-refractivity contribution in [1.82, 2.24) is 4.90 Å². The van der Waals surface area contributed by atoms with Crippen LogP contribution in [0, 0.1) is 5.92 Å². The van der Waals surface area contributed by atoms with Gasteiger partial charge in [0.2, 0.25) is 0 Å². The van der Waals surface area contributed by atoms with Crippen molar-refractivity contribution in [2.24, 2.45) is 5.92 Å². The average Bonchev–Trinajstić information content (AvgIpc) is 2.44. The minimum absolute atomic E-state index is 0.0338. The molecule has 1 aromatic carbocycles. The topological polar surface area (TPSA) is 55.6 Å². The van der Waals surface area contributed by atoms with E-state index in [0.717, 1.165) is 12.8 Å². The van der Waals surface area contributed by atoms with Gasteiger partial charge in [0, 0.05) is 24.8 Å². The van der Waals surface area contributed by atoms with E-state index in [1.807, 2.05) is 24.1 Å². The Hall–Kier alpha value is -1.71. The number of likely N-dealkylation sites (N-methyl/N-ethyl adjacent to an activating group) is 1. The van der Waals surface area contributed by atoms with Gasteiger partial charge in [0.25, 0.3) is 5.91 Å². The van der Waals surface area contributed by atoms with E-state index in [9.17, 15) is 4.79 Å². The van der Waals surface area contributed by atoms with Crippen molar-refractivity contribution in [2.45, 2.75) is 38.6 Å². The maximum Gasteiger partial charge on any atom is 0.260 e. The highest BCUT2D eigenvalue weighted by atomic mass is 16.5. The number of carbonyl (C=O) groups is 1. The molecule has 1 aromatic rings. The lowest BCUT2D eigenvalue weighted by molar-refractivity contribution is -0.135. The van der Waals surface area contributed by atoms with E-state index < -0.39 is 0 Å². The Morgan fingerprint density at radius 1 is 1.45 bits per heavy atom. The highest BCUT2D eigenvalue weighted by Gasteiger charge is 2.25. The van der Waals surface area contributed by atoms with Gasteiger partial charge in [-0.15, -0.1) is 0 Å². The van der Waals surface area contributed by atoms with Crippen LogP contribution in [0.15, 0.2) is 24.3 Å². The number of nitrogens with zero attached hydrogens (tertiary/aromatic N) is 1. The molecule has 0 aromatic heterocycles. The number of hydrogen-bond donors (Lipinski definition) is 1. The van der Waals surface area contributed by atoms with E-state index >= 15 is 0 Å². The fraction of sp³-hybridized carbons (Fsp3) is 0.562. The molecule has 2 unspecified atom stereocenters. The molecule has 4 nitrogen and oxygen atoms in total. The van der Waals surface area contributed by atoms with Crippen LogP contribution in [-0.4, -0.2) is 30.5 Å². The minimum Gasteiger partial charge on any atom is -0.484 e. The first kappa shape index (κ1) is 14.7. The first-order valence-corrected chi connectivity index (χ1v) is 7.30. The molecule has 2 atom stereocenters. The molecule has 1 fully saturated rings. The summed E-state index contributed by atoms with van der Waals surface area (Å²) >= 11 is 0. The van der Waals surface area contributed by atoms with Crippen molar-refractivity contribution in [3.05, 3.63) is 24.3 Å². The summed E-state index contributed by atoms with van der Waals surface area (Å²) in [6.45, 7) is 2.33. The van der Waals surface area contributed by atoms with E-state index in [4.69, 9.17) is 10.5 Å². The monoisotopic (exact) mass is 276 g/mol. The third kappa shape index (κ3) is 3.89. The van der Waals surface area contributed by atoms with Crippen molar-refractivity contribution in [1.29, 1.82) is 0 Å². The minimum atomic E-state index is 0.0338. The van der Waals surface area contributed by atoms with E-state index in [0.29, 0.717) is 23.4 Å². The van der Waals surface area contributed by atoms with Crippen molar-refractivity contribution >= 4 is 11.6 Å². The second-order valence-electron chi connectivity index (χ2n) is 5.79. The van der Waals surface area contributed by atoms with Gasteiger partial charge in [0.05, 0.1) is 0 Å². The molecule has 2 N–H and O–H groups in total. The normalized spacial score (nSPS) is 22.3. The van der Waals surface area contributed by atoms with Gasteiger partial charge in [-0.25, -0.2) is 0 Å². The Kier molecular flexibility index (Phi) is 4.88. The smallest absolute Gasteiger partial charge is 0.260 e. The number of amides is 1. The van der Waals surface area contributed by atoms with E-state index in [-0.39, 0.29) is 12.5 Å². The Morgan fingerprint density at radius 3 is 2.95 bits per heavy atom. The van der Waals surface area contributed by atoms with Gasteiger partial charge < -0.3 is 15.4 Å². The Balaban J connectivity index is 1.84. The largest absolute Gasteiger partial charge is 0.484 e. The molecule has 0 radical (unpaired) electrons. The molecule has 0 aliphatic heterocycles. The predicted molar refractivity (Wildman–Crippen MR) is 80.5 cm³/mol. The van der Waals surface area contributed by atoms with Gasteiger partial charge in [-0.05, 0) is 30.9 Å². The SMILES string of the molecule is CC1CCCC(N(C)C(=O)COc2cccc(N)c2)C1. The van der Waals surface area contributed by atoms with Crippen LogP contribution in [0.4, 0.5) is 5.69 Å². The fourth-order valence-electron chi connectivity index (χ4n) is 2.81. The predicted octanol–water partition coefficient (Wildman–Crippen LogP) is 2.68. The van der Waals surface area contributed by atoms with Crippen LogP contribution in [0.3, 0.4) is 0 Å². The first-order chi connectivity index (χ1) is 9.56. The lowest BCUT2D eigenvalue weighted by Gasteiger charge is -2.34. The van der Waals surface area contributed by atoms with Crippen LogP contribution < -0.4 is 10.5 Å². The number of hydrogen-bond acceptors (Lipinski definition) is 3. The lowest BCUT2D eigenvalue weighted by Crippen LogP contribution is -2.42. The number of nitrogen functional groups attached to an aromatic ring is 1. The molecule has 20 heavy (non-hydrogen) atoms. The maximum atomic E-state index is 12.2. The first-order valence-electron chi connectivity index (χ1n) is 7.30. The summed E-state index contributed by atoms with van der Waals surface area (Å²) in [6, 6.07) is 7.52. The second-order valence-corrected chi connectivity index (χ2v) is 5.79. The number of anilines is 1. The number of rotatable bonds is 4. The van der Waals surface area contributed by atoms with Crippen LogP contribution >= 0.6 is 0 Å². The molecule has 1 saturated carbocycles. The average molecular weight is 276 g/mol. The third-order valence-electron chi connectivity index (χ3n) is 4.07. The van der Waals surface area contributed by atoms with Crippen LogP contribution in [0.25, 0.3) is 0 Å². The zero-order chi connectivity index (χ0) is 14.5. The summed E-state index contributed by atoms with van der Waals surface area (Å²) in [7, 11) is 1.88. The summed E-state index contributed by atoms with van der Waals surface area (Å²) in [5.74, 6) is 1.38. The molecule has 1 aliphatic rings. The standard InChI is InChI=1S/C16H24N2O2/c1-12-5-3-7-14(9-12)18(2)16(19)11-20-15-8-4-6-13(17)10-15/h4,6,8,10,12,14H,3,5,7,9,11,17H2,1-2H3. The summed E-state index contributed by atoms with van der Waals surface area (Å²) in [5.41, 5.74) is 6.32. The van der Waals surface area contributed by atoms with E-state index in [1.54, 1.807) is 12.1 Å². The van der Waals surface area contributed by atoms with Crippen molar-refractivity contribution < 1.29 is 9.53 Å². The highest BCUT2D eigenvalue weighted by Crippen LogP contribution is 2.26. The van der Waals surface area contributed by atoms with Crippen molar-refractivity contribution in [2.75, 3.05) is 19.4 Å². The number of nitrogens with two attached hydrogens (primary N) is 1. The van der Waals surface area contributed by atoms with Gasteiger partial charge in [-0.1, -0.05) is 25.8 Å². The van der Waals surface area contributed by atoms with Crippen LogP contribution in [0.2, 0.25) is 0 Å². The number of benzene rings is 1. The van der Waals surface area contributed by atoms with E-state index in [1.165, 1.54) is 12.8 Å². The highest BCUT2D eigenvalue weighted by molar-refractivity contribution is 5.77. The van der Waals surface area contributed by atoms with Crippen LogP contribution in [-0.2, 0) is 4.79 Å². The summed E-state index contributed by atoms with van der Waals surface area (Å²) in [5, 5.41) is 0. The second kappa shape index (κ2) is 6.64. The van der Waals surface area contributed by atoms with Crippen molar-refractivity contribution in [3.8, 4) is 5.75 Å². The molecular weight excluding hydrogens is 252 g/mol. The maximum absolute atomic E-state index is 12.2. The molecule has 1 amide bonds. The molecule has 0 heterocycles. The molecule has 0 bridgehead atoms. The fourth-order valence-corrected chi connectivity index (χ4v) is 2.81. The van der Waals surface area contributed by atoms with Gasteiger partial charge in [0.15, 0.2) is 6.61 Å². The zero-order valence-electron chi connectivity index (χ0n) is 12.3. The Bertz CT molecular complexity index is 462. The zero-order valence-corrected chi connectivity index (χ0v) is 12.3. The van der Waals surface area contributed by atoms with Gasteiger partial charge in [-0.2, -0.15) is 0 Å². The molecule has 0 spiro atoms. The Labute approximate surface area is 120 Å². The van der Waals surface area contributed by atoms with Crippen LogP contribution in [0.5, 0.6) is 5.75 Å². The van der Waals surface area contributed by atoms with Crippen LogP contribution in [0.1, 0.15) is 32.6 Å². The number of carbonyl (C=O) groups excluding carboxylic acids is 1. The molecule has 1 aliphatic carbocycles. The molecule has 110 valence electrons. The van der Waals surface area contributed by atoms with Gasteiger partial charge >= 0.3 is 0 Å². The molecular formula is C16H24N2O2. The summed E-state index contributed by atoms with van der Waals surface area (Å²) in [4.78, 5) is 14.0. The summed E-state index contributed by atoms with van der Waals surface area (Å²) < 4.78 is 5.52. The lowest BCUT2D eigenvalue weighted by atomic mass is 9.86. The summed E-state index contributed by atoms with van der Waals surface area (Å²) in [6.07, 6.45) is 4.68. The third-order valence-corrected chi connectivity index (χ3v) is 4.07. The quantitative estimate of drug-likeness (QED) is 0.860. The van der Waals surface area contributed by atoms with Gasteiger partial charge in [-0.3, -0.25) is 4.79 Å². The van der Waals surface area contributed by atoms with Crippen molar-refractivity contribution in [3.63, 3.8) is 0 Å². The van der Waals surface area contributed by atoms with E-state index in [2.05, 4.69) is 6.92 Å². The molecule has 4 heteroatoms. The molecule has 2 rings (SSSR count). The number of ether oxygens (including phenoxy) is 1. The Morgan fingerprint density at radius 2 is 2.25 bits per heavy atom.